The van der Waals surface area contributed by atoms with Crippen molar-refractivity contribution in [3.05, 3.63) is 59.8 Å². The number of carbonyl (C=O) groups is 2. The fourth-order valence-corrected chi connectivity index (χ4v) is 2.03. The predicted molar refractivity (Wildman–Crippen MR) is 69.5 cm³/mol. The summed E-state index contributed by atoms with van der Waals surface area (Å²) in [6, 6.07) is 11.7. The molecule has 2 amide bonds. The third-order valence-corrected chi connectivity index (χ3v) is 2.96. The molecule has 2 heterocycles. The number of aromatic nitrogens is 1. The second-order valence-corrected chi connectivity index (χ2v) is 4.21. The average molecular weight is 253 g/mol. The van der Waals surface area contributed by atoms with Crippen LogP contribution in [0.15, 0.2) is 48.7 Å². The van der Waals surface area contributed by atoms with E-state index in [1.54, 1.807) is 24.3 Å². The van der Waals surface area contributed by atoms with Gasteiger partial charge in [-0.05, 0) is 17.7 Å². The van der Waals surface area contributed by atoms with Gasteiger partial charge in [0, 0.05) is 6.20 Å². The van der Waals surface area contributed by atoms with E-state index in [0.717, 1.165) is 5.56 Å². The van der Waals surface area contributed by atoms with E-state index in [1.165, 1.54) is 6.20 Å². The SMILES string of the molecule is O=C1NC(c2ccccc2)C(=O)Nc2ncccc21. The molecule has 1 aliphatic rings. The average Bonchev–Trinajstić information content (AvgIpc) is 2.57. The molecule has 2 aromatic rings. The number of anilines is 1. The van der Waals surface area contributed by atoms with Crippen LogP contribution in [0.3, 0.4) is 0 Å². The van der Waals surface area contributed by atoms with Gasteiger partial charge in [-0.15, -0.1) is 0 Å². The van der Waals surface area contributed by atoms with Crippen LogP contribution < -0.4 is 10.6 Å². The molecule has 94 valence electrons. The van der Waals surface area contributed by atoms with Crippen molar-refractivity contribution in [1.82, 2.24) is 10.3 Å². The van der Waals surface area contributed by atoms with E-state index < -0.39 is 6.04 Å². The van der Waals surface area contributed by atoms with E-state index in [-0.39, 0.29) is 11.8 Å². The molecule has 0 saturated heterocycles. The maximum atomic E-state index is 12.2. The first-order valence-electron chi connectivity index (χ1n) is 5.87. The molecule has 5 nitrogen and oxygen atoms in total. The Balaban J connectivity index is 2.01. The minimum atomic E-state index is -0.706. The molecule has 1 aromatic heterocycles. The maximum Gasteiger partial charge on any atom is 0.255 e. The van der Waals surface area contributed by atoms with E-state index in [9.17, 15) is 9.59 Å². The minimum Gasteiger partial charge on any atom is -0.336 e. The Morgan fingerprint density at radius 1 is 1.00 bits per heavy atom. The number of carbonyl (C=O) groups excluding carboxylic acids is 2. The fourth-order valence-electron chi connectivity index (χ4n) is 2.03. The zero-order chi connectivity index (χ0) is 13.2. The van der Waals surface area contributed by atoms with Crippen LogP contribution in [0, 0.1) is 0 Å². The molecular weight excluding hydrogens is 242 g/mol. The summed E-state index contributed by atoms with van der Waals surface area (Å²) in [4.78, 5) is 28.3. The molecule has 1 unspecified atom stereocenters. The van der Waals surface area contributed by atoms with Crippen molar-refractivity contribution in [3.8, 4) is 0 Å². The zero-order valence-corrected chi connectivity index (χ0v) is 9.96. The Labute approximate surface area is 109 Å². The van der Waals surface area contributed by atoms with Crippen molar-refractivity contribution in [1.29, 1.82) is 0 Å². The van der Waals surface area contributed by atoms with Gasteiger partial charge >= 0.3 is 0 Å². The highest BCUT2D eigenvalue weighted by molar-refractivity contribution is 6.09. The number of benzene rings is 1. The van der Waals surface area contributed by atoms with Gasteiger partial charge < -0.3 is 10.6 Å². The molecule has 0 spiro atoms. The van der Waals surface area contributed by atoms with Gasteiger partial charge in [-0.3, -0.25) is 9.59 Å². The second kappa shape index (κ2) is 4.53. The summed E-state index contributed by atoms with van der Waals surface area (Å²) >= 11 is 0. The number of fused-ring (bicyclic) bond motifs is 1. The molecule has 19 heavy (non-hydrogen) atoms. The van der Waals surface area contributed by atoms with Crippen molar-refractivity contribution in [2.24, 2.45) is 0 Å². The Bertz CT molecular complexity index is 640. The van der Waals surface area contributed by atoms with Crippen LogP contribution in [-0.2, 0) is 4.79 Å². The number of nitrogens with zero attached hydrogens (tertiary/aromatic N) is 1. The normalized spacial score (nSPS) is 18.0. The molecule has 1 aromatic carbocycles. The minimum absolute atomic E-state index is 0.294. The highest BCUT2D eigenvalue weighted by Gasteiger charge is 2.29. The monoisotopic (exact) mass is 253 g/mol. The highest BCUT2D eigenvalue weighted by atomic mass is 16.2. The summed E-state index contributed by atoms with van der Waals surface area (Å²) in [6.07, 6.45) is 1.54. The summed E-state index contributed by atoms with van der Waals surface area (Å²) < 4.78 is 0. The number of hydrogen-bond donors (Lipinski definition) is 2. The molecule has 1 atom stereocenters. The smallest absolute Gasteiger partial charge is 0.255 e. The van der Waals surface area contributed by atoms with Gasteiger partial charge in [-0.2, -0.15) is 0 Å². The molecule has 5 heteroatoms. The standard InChI is InChI=1S/C14H11N3O2/c18-13-10-7-4-8-15-12(10)17-14(19)11(16-13)9-5-2-1-3-6-9/h1-8,11H,(H,16,18)(H,15,17,19). The van der Waals surface area contributed by atoms with E-state index in [0.29, 0.717) is 11.4 Å². The first-order valence-corrected chi connectivity index (χ1v) is 5.87. The number of hydrogen-bond acceptors (Lipinski definition) is 3. The third kappa shape index (κ3) is 2.06. The van der Waals surface area contributed by atoms with Crippen molar-refractivity contribution < 1.29 is 9.59 Å². The van der Waals surface area contributed by atoms with E-state index in [2.05, 4.69) is 15.6 Å². The van der Waals surface area contributed by atoms with Crippen LogP contribution >= 0.6 is 0 Å². The molecular formula is C14H11N3O2. The summed E-state index contributed by atoms with van der Waals surface area (Å²) in [5, 5.41) is 5.38. The summed E-state index contributed by atoms with van der Waals surface area (Å²) in [5.74, 6) is -0.310. The third-order valence-electron chi connectivity index (χ3n) is 2.96. The van der Waals surface area contributed by atoms with Crippen LogP contribution in [0.4, 0.5) is 5.82 Å². The largest absolute Gasteiger partial charge is 0.336 e. The first kappa shape index (κ1) is 11.4. The number of pyridine rings is 1. The van der Waals surface area contributed by atoms with Gasteiger partial charge in [-0.25, -0.2) is 4.98 Å². The number of rotatable bonds is 1. The molecule has 0 radical (unpaired) electrons. The lowest BCUT2D eigenvalue weighted by Gasteiger charge is -2.14. The number of nitrogens with one attached hydrogen (secondary N) is 2. The Morgan fingerprint density at radius 2 is 1.79 bits per heavy atom. The molecule has 3 rings (SSSR count). The molecule has 0 bridgehead atoms. The first-order chi connectivity index (χ1) is 9.25. The molecule has 2 N–H and O–H groups in total. The van der Waals surface area contributed by atoms with Crippen LogP contribution in [0.2, 0.25) is 0 Å². The van der Waals surface area contributed by atoms with E-state index >= 15 is 0 Å². The van der Waals surface area contributed by atoms with Crippen molar-refractivity contribution in [2.45, 2.75) is 6.04 Å². The van der Waals surface area contributed by atoms with E-state index in [4.69, 9.17) is 0 Å². The Kier molecular flexibility index (Phi) is 2.72. The lowest BCUT2D eigenvalue weighted by molar-refractivity contribution is -0.118. The Hall–Kier alpha value is -2.69. The lowest BCUT2D eigenvalue weighted by Crippen LogP contribution is -2.33. The molecule has 0 saturated carbocycles. The van der Waals surface area contributed by atoms with Gasteiger partial charge in [0.15, 0.2) is 0 Å². The van der Waals surface area contributed by atoms with Crippen LogP contribution in [-0.4, -0.2) is 16.8 Å². The van der Waals surface area contributed by atoms with Gasteiger partial charge in [0.25, 0.3) is 11.8 Å². The lowest BCUT2D eigenvalue weighted by atomic mass is 10.1. The van der Waals surface area contributed by atoms with Crippen LogP contribution in [0.5, 0.6) is 0 Å². The second-order valence-electron chi connectivity index (χ2n) is 4.21. The zero-order valence-electron chi connectivity index (χ0n) is 9.96. The van der Waals surface area contributed by atoms with Crippen molar-refractivity contribution >= 4 is 17.6 Å². The van der Waals surface area contributed by atoms with Crippen LogP contribution in [0.25, 0.3) is 0 Å². The van der Waals surface area contributed by atoms with Crippen molar-refractivity contribution in [3.63, 3.8) is 0 Å². The van der Waals surface area contributed by atoms with Gasteiger partial charge in [0.05, 0.1) is 5.56 Å². The highest BCUT2D eigenvalue weighted by Crippen LogP contribution is 2.21. The number of amides is 2. The topological polar surface area (TPSA) is 71.1 Å². The van der Waals surface area contributed by atoms with Crippen LogP contribution in [0.1, 0.15) is 22.0 Å². The fraction of sp³-hybridized carbons (Fsp3) is 0.0714. The van der Waals surface area contributed by atoms with Crippen molar-refractivity contribution in [2.75, 3.05) is 5.32 Å². The molecule has 1 aliphatic heterocycles. The van der Waals surface area contributed by atoms with Gasteiger partial charge in [0.2, 0.25) is 0 Å². The summed E-state index contributed by atoms with van der Waals surface area (Å²) in [7, 11) is 0. The molecule has 0 fully saturated rings. The molecule has 0 aliphatic carbocycles. The predicted octanol–water partition coefficient (Wildman–Crippen LogP) is 1.50. The van der Waals surface area contributed by atoms with Gasteiger partial charge in [-0.1, -0.05) is 30.3 Å². The summed E-state index contributed by atoms with van der Waals surface area (Å²) in [6.45, 7) is 0. The van der Waals surface area contributed by atoms with E-state index in [1.807, 2.05) is 18.2 Å². The maximum absolute atomic E-state index is 12.2. The Morgan fingerprint density at radius 3 is 2.58 bits per heavy atom. The van der Waals surface area contributed by atoms with Gasteiger partial charge in [0.1, 0.15) is 11.9 Å². The summed E-state index contributed by atoms with van der Waals surface area (Å²) in [5.41, 5.74) is 1.11. The quantitative estimate of drug-likeness (QED) is 0.809.